The summed E-state index contributed by atoms with van der Waals surface area (Å²) in [7, 11) is 0. The molecule has 3 aromatic rings. The SMILES string of the molecule is Cl.Cl.NC[C@@H]1CN(C(=O)c2csc(-c3cnccn3)n2)C[C@H]1c1ccccc1. The maximum atomic E-state index is 12.9. The van der Waals surface area contributed by atoms with Crippen LogP contribution in [0.2, 0.25) is 0 Å². The first-order valence-corrected chi connectivity index (χ1v) is 9.40. The van der Waals surface area contributed by atoms with E-state index in [1.54, 1.807) is 24.0 Å². The molecule has 0 bridgehead atoms. The summed E-state index contributed by atoms with van der Waals surface area (Å²) in [6.45, 7) is 1.89. The Labute approximate surface area is 180 Å². The normalized spacial score (nSPS) is 18.2. The lowest BCUT2D eigenvalue weighted by Gasteiger charge is -2.16. The molecule has 1 aromatic carbocycles. The Morgan fingerprint density at radius 1 is 1.18 bits per heavy atom. The molecule has 148 valence electrons. The van der Waals surface area contributed by atoms with Crippen LogP contribution in [0.5, 0.6) is 0 Å². The zero-order valence-corrected chi connectivity index (χ0v) is 17.4. The molecule has 1 aliphatic heterocycles. The highest BCUT2D eigenvalue weighted by atomic mass is 35.5. The molecule has 3 heterocycles. The number of carbonyl (C=O) groups is 1. The van der Waals surface area contributed by atoms with E-state index in [1.165, 1.54) is 16.9 Å². The Kier molecular flexibility index (Phi) is 7.88. The summed E-state index contributed by atoms with van der Waals surface area (Å²) in [5.41, 5.74) is 8.35. The molecule has 0 saturated carbocycles. The third kappa shape index (κ3) is 4.50. The Balaban J connectivity index is 0.00000140. The molecule has 9 heteroatoms. The second-order valence-electron chi connectivity index (χ2n) is 6.35. The fourth-order valence-corrected chi connectivity index (χ4v) is 4.17. The molecule has 2 atom stereocenters. The molecular weight excluding hydrogens is 417 g/mol. The van der Waals surface area contributed by atoms with Crippen molar-refractivity contribution in [2.45, 2.75) is 5.92 Å². The lowest BCUT2D eigenvalue weighted by molar-refractivity contribution is 0.0781. The van der Waals surface area contributed by atoms with Crippen LogP contribution in [-0.4, -0.2) is 45.4 Å². The van der Waals surface area contributed by atoms with Crippen molar-refractivity contribution in [3.8, 4) is 10.7 Å². The number of halogens is 2. The van der Waals surface area contributed by atoms with Gasteiger partial charge >= 0.3 is 0 Å². The van der Waals surface area contributed by atoms with Crippen LogP contribution in [0.15, 0.2) is 54.3 Å². The molecule has 6 nitrogen and oxygen atoms in total. The van der Waals surface area contributed by atoms with Gasteiger partial charge in [-0.2, -0.15) is 0 Å². The molecule has 1 aliphatic rings. The average molecular weight is 438 g/mol. The van der Waals surface area contributed by atoms with Crippen molar-refractivity contribution < 1.29 is 4.79 Å². The van der Waals surface area contributed by atoms with Gasteiger partial charge in [0.15, 0.2) is 0 Å². The topological polar surface area (TPSA) is 85.0 Å². The summed E-state index contributed by atoms with van der Waals surface area (Å²) >= 11 is 1.41. The third-order valence-electron chi connectivity index (χ3n) is 4.76. The zero-order chi connectivity index (χ0) is 17.9. The summed E-state index contributed by atoms with van der Waals surface area (Å²) in [5.74, 6) is 0.482. The molecule has 1 fully saturated rings. The molecule has 0 unspecified atom stereocenters. The minimum atomic E-state index is -0.0479. The fourth-order valence-electron chi connectivity index (χ4n) is 3.41. The second kappa shape index (κ2) is 9.93. The summed E-state index contributed by atoms with van der Waals surface area (Å²) in [4.78, 5) is 27.5. The van der Waals surface area contributed by atoms with Crippen LogP contribution in [0, 0.1) is 5.92 Å². The Morgan fingerprint density at radius 3 is 2.64 bits per heavy atom. The van der Waals surface area contributed by atoms with Crippen LogP contribution < -0.4 is 5.73 Å². The number of nitrogens with zero attached hydrogens (tertiary/aromatic N) is 4. The number of benzene rings is 1. The smallest absolute Gasteiger partial charge is 0.273 e. The Morgan fingerprint density at radius 2 is 1.96 bits per heavy atom. The monoisotopic (exact) mass is 437 g/mol. The van der Waals surface area contributed by atoms with Crippen molar-refractivity contribution in [3.05, 3.63) is 65.6 Å². The van der Waals surface area contributed by atoms with Crippen LogP contribution in [-0.2, 0) is 0 Å². The lowest BCUT2D eigenvalue weighted by atomic mass is 9.89. The number of aromatic nitrogens is 3. The number of hydrogen-bond acceptors (Lipinski definition) is 6. The van der Waals surface area contributed by atoms with Crippen molar-refractivity contribution in [3.63, 3.8) is 0 Å². The molecule has 0 spiro atoms. The van der Waals surface area contributed by atoms with Gasteiger partial charge in [-0.1, -0.05) is 30.3 Å². The number of hydrogen-bond donors (Lipinski definition) is 1. The highest BCUT2D eigenvalue weighted by Gasteiger charge is 2.36. The number of thiazole rings is 1. The Hall–Kier alpha value is -2.06. The molecule has 28 heavy (non-hydrogen) atoms. The quantitative estimate of drug-likeness (QED) is 0.676. The van der Waals surface area contributed by atoms with E-state index in [0.717, 1.165) is 0 Å². The molecule has 0 radical (unpaired) electrons. The van der Waals surface area contributed by atoms with E-state index in [-0.39, 0.29) is 42.6 Å². The molecule has 1 amide bonds. The standard InChI is InChI=1S/C19H19N5OS.2ClH/c20-8-14-10-24(11-15(14)13-4-2-1-3-5-13)19(25)17-12-26-18(23-17)16-9-21-6-7-22-16;;/h1-7,9,12,14-15H,8,10-11,20H2;2*1H/t14-,15+;;/m1../s1. The van der Waals surface area contributed by atoms with Gasteiger partial charge in [0.25, 0.3) is 5.91 Å². The van der Waals surface area contributed by atoms with Crippen LogP contribution in [0.1, 0.15) is 22.0 Å². The largest absolute Gasteiger partial charge is 0.336 e. The first-order chi connectivity index (χ1) is 12.8. The van der Waals surface area contributed by atoms with Crippen LogP contribution >= 0.6 is 36.2 Å². The van der Waals surface area contributed by atoms with Gasteiger partial charge in [0.1, 0.15) is 16.4 Å². The van der Waals surface area contributed by atoms with Gasteiger partial charge in [0, 0.05) is 36.8 Å². The third-order valence-corrected chi connectivity index (χ3v) is 5.63. The number of nitrogens with two attached hydrogens (primary N) is 1. The van der Waals surface area contributed by atoms with E-state index >= 15 is 0 Å². The fraction of sp³-hybridized carbons (Fsp3) is 0.263. The van der Waals surface area contributed by atoms with Crippen LogP contribution in [0.3, 0.4) is 0 Å². The first kappa shape index (κ1) is 22.2. The van der Waals surface area contributed by atoms with Crippen LogP contribution in [0.25, 0.3) is 10.7 Å². The maximum Gasteiger partial charge on any atom is 0.273 e. The average Bonchev–Trinajstić information content (AvgIpc) is 3.36. The molecule has 2 aromatic heterocycles. The second-order valence-corrected chi connectivity index (χ2v) is 7.21. The number of carbonyl (C=O) groups excluding carboxylic acids is 1. The Bertz CT molecular complexity index is 894. The minimum Gasteiger partial charge on any atom is -0.336 e. The van der Waals surface area contributed by atoms with E-state index in [2.05, 4.69) is 27.1 Å². The van der Waals surface area contributed by atoms with E-state index < -0.39 is 0 Å². The molecular formula is C19H21Cl2N5OS. The molecule has 1 saturated heterocycles. The predicted octanol–water partition coefficient (Wildman–Crippen LogP) is 3.26. The van der Waals surface area contributed by atoms with Crippen molar-refractivity contribution in [1.82, 2.24) is 19.9 Å². The molecule has 0 aliphatic carbocycles. The number of rotatable bonds is 4. The highest BCUT2D eigenvalue weighted by molar-refractivity contribution is 7.13. The molecule has 2 N–H and O–H groups in total. The van der Waals surface area contributed by atoms with Gasteiger partial charge in [-0.05, 0) is 18.0 Å². The van der Waals surface area contributed by atoms with Crippen molar-refractivity contribution >= 4 is 42.1 Å². The zero-order valence-electron chi connectivity index (χ0n) is 15.0. The lowest BCUT2D eigenvalue weighted by Crippen LogP contribution is -2.30. The molecule has 4 rings (SSSR count). The summed E-state index contributed by atoms with van der Waals surface area (Å²) < 4.78 is 0. The van der Waals surface area contributed by atoms with E-state index in [1.807, 2.05) is 23.1 Å². The van der Waals surface area contributed by atoms with Gasteiger partial charge in [-0.25, -0.2) is 4.98 Å². The van der Waals surface area contributed by atoms with Gasteiger partial charge < -0.3 is 10.6 Å². The predicted molar refractivity (Wildman–Crippen MR) is 115 cm³/mol. The van der Waals surface area contributed by atoms with Gasteiger partial charge in [0.05, 0.1) is 6.20 Å². The van der Waals surface area contributed by atoms with E-state index in [4.69, 9.17) is 5.73 Å². The van der Waals surface area contributed by atoms with Gasteiger partial charge in [-0.3, -0.25) is 14.8 Å². The van der Waals surface area contributed by atoms with Crippen LogP contribution in [0.4, 0.5) is 0 Å². The number of amides is 1. The first-order valence-electron chi connectivity index (χ1n) is 8.52. The number of likely N-dealkylation sites (tertiary alicyclic amines) is 1. The van der Waals surface area contributed by atoms with Gasteiger partial charge in [-0.15, -0.1) is 36.2 Å². The highest BCUT2D eigenvalue weighted by Crippen LogP contribution is 2.33. The summed E-state index contributed by atoms with van der Waals surface area (Å²) in [5, 5.41) is 2.50. The summed E-state index contributed by atoms with van der Waals surface area (Å²) in [6.07, 6.45) is 4.89. The minimum absolute atomic E-state index is 0. The van der Waals surface area contributed by atoms with E-state index in [0.29, 0.717) is 36.0 Å². The van der Waals surface area contributed by atoms with Gasteiger partial charge in [0.2, 0.25) is 0 Å². The van der Waals surface area contributed by atoms with Crippen molar-refractivity contribution in [2.24, 2.45) is 11.7 Å². The maximum absolute atomic E-state index is 12.9. The summed E-state index contributed by atoms with van der Waals surface area (Å²) in [6, 6.07) is 10.3. The van der Waals surface area contributed by atoms with Crippen molar-refractivity contribution in [1.29, 1.82) is 0 Å². The van der Waals surface area contributed by atoms with Crippen molar-refractivity contribution in [2.75, 3.05) is 19.6 Å². The van der Waals surface area contributed by atoms with E-state index in [9.17, 15) is 4.79 Å².